The number of rotatable bonds is 3. The fourth-order valence-electron chi connectivity index (χ4n) is 1.69. The van der Waals surface area contributed by atoms with Gasteiger partial charge in [0, 0.05) is 17.7 Å². The number of hydrogen-bond donors (Lipinski definition) is 4. The first-order valence-corrected chi connectivity index (χ1v) is 5.77. The van der Waals surface area contributed by atoms with Gasteiger partial charge in [0.25, 0.3) is 5.91 Å². The number of methoxy groups -OCH3 is 1. The first-order chi connectivity index (χ1) is 9.49. The Labute approximate surface area is 115 Å². The first kappa shape index (κ1) is 13.5. The van der Waals surface area contributed by atoms with Crippen molar-refractivity contribution in [1.29, 1.82) is 0 Å². The molecule has 0 heterocycles. The second kappa shape index (κ2) is 5.40. The van der Waals surface area contributed by atoms with Crippen molar-refractivity contribution in [3.05, 3.63) is 42.0 Å². The number of phenolic OH excluding ortho intramolecular Hbond substituents is 2. The Hall–Kier alpha value is -2.89. The molecule has 1 amide bonds. The number of benzene rings is 2. The number of anilines is 2. The smallest absolute Gasteiger partial charge is 0.255 e. The summed E-state index contributed by atoms with van der Waals surface area (Å²) < 4.78 is 5.05. The molecule has 0 bridgehead atoms. The van der Waals surface area contributed by atoms with E-state index in [1.54, 1.807) is 18.2 Å². The summed E-state index contributed by atoms with van der Waals surface area (Å²) in [7, 11) is 1.50. The van der Waals surface area contributed by atoms with Crippen molar-refractivity contribution < 1.29 is 19.7 Å². The van der Waals surface area contributed by atoms with Crippen molar-refractivity contribution in [2.45, 2.75) is 0 Å². The molecular formula is C14H14N2O4. The van der Waals surface area contributed by atoms with E-state index in [1.165, 1.54) is 19.2 Å². The SMILES string of the molecule is COc1ccc(N)c(NC(=O)c2cc(O)cc(O)c2)c1. The fourth-order valence-corrected chi connectivity index (χ4v) is 1.69. The number of aromatic hydroxyl groups is 2. The van der Waals surface area contributed by atoms with Crippen LogP contribution in [0.1, 0.15) is 10.4 Å². The maximum atomic E-state index is 12.0. The zero-order chi connectivity index (χ0) is 14.7. The summed E-state index contributed by atoms with van der Waals surface area (Å²) in [5.74, 6) is -0.355. The predicted octanol–water partition coefficient (Wildman–Crippen LogP) is 1.94. The zero-order valence-corrected chi connectivity index (χ0v) is 10.8. The van der Waals surface area contributed by atoms with Crippen LogP contribution < -0.4 is 15.8 Å². The second-order valence-corrected chi connectivity index (χ2v) is 4.15. The van der Waals surface area contributed by atoms with Gasteiger partial charge in [-0.15, -0.1) is 0 Å². The Kier molecular flexibility index (Phi) is 3.65. The number of amides is 1. The number of hydrogen-bond acceptors (Lipinski definition) is 5. The third-order valence-electron chi connectivity index (χ3n) is 2.67. The number of nitrogen functional groups attached to an aromatic ring is 1. The molecule has 0 radical (unpaired) electrons. The molecule has 2 aromatic rings. The molecule has 6 nitrogen and oxygen atoms in total. The second-order valence-electron chi connectivity index (χ2n) is 4.15. The van der Waals surface area contributed by atoms with Gasteiger partial charge in [-0.05, 0) is 24.3 Å². The quantitative estimate of drug-likeness (QED) is 0.640. The van der Waals surface area contributed by atoms with E-state index in [0.29, 0.717) is 17.1 Å². The Morgan fingerprint density at radius 1 is 1.15 bits per heavy atom. The Morgan fingerprint density at radius 2 is 1.80 bits per heavy atom. The lowest BCUT2D eigenvalue weighted by Gasteiger charge is -2.10. The molecule has 0 aromatic heterocycles. The van der Waals surface area contributed by atoms with Gasteiger partial charge in [-0.1, -0.05) is 0 Å². The van der Waals surface area contributed by atoms with E-state index >= 15 is 0 Å². The number of nitrogens with one attached hydrogen (secondary N) is 1. The van der Waals surface area contributed by atoms with Crippen LogP contribution in [0.25, 0.3) is 0 Å². The Balaban J connectivity index is 2.27. The van der Waals surface area contributed by atoms with Crippen LogP contribution in [0.2, 0.25) is 0 Å². The molecule has 0 saturated heterocycles. The van der Waals surface area contributed by atoms with Gasteiger partial charge in [-0.2, -0.15) is 0 Å². The molecule has 0 aliphatic carbocycles. The molecule has 0 saturated carbocycles. The lowest BCUT2D eigenvalue weighted by Crippen LogP contribution is -2.13. The van der Waals surface area contributed by atoms with E-state index < -0.39 is 5.91 Å². The van der Waals surface area contributed by atoms with Crippen LogP contribution in [0.3, 0.4) is 0 Å². The van der Waals surface area contributed by atoms with Crippen LogP contribution in [0.5, 0.6) is 17.2 Å². The molecular weight excluding hydrogens is 260 g/mol. The van der Waals surface area contributed by atoms with Gasteiger partial charge in [0.15, 0.2) is 0 Å². The molecule has 2 rings (SSSR count). The van der Waals surface area contributed by atoms with Crippen LogP contribution in [0, 0.1) is 0 Å². The Morgan fingerprint density at radius 3 is 2.40 bits per heavy atom. The number of nitrogens with two attached hydrogens (primary N) is 1. The highest BCUT2D eigenvalue weighted by atomic mass is 16.5. The molecule has 0 aliphatic heterocycles. The van der Waals surface area contributed by atoms with Gasteiger partial charge in [0.2, 0.25) is 0 Å². The van der Waals surface area contributed by atoms with Gasteiger partial charge >= 0.3 is 0 Å². The molecule has 0 atom stereocenters. The molecule has 104 valence electrons. The van der Waals surface area contributed by atoms with Crippen molar-refractivity contribution in [2.75, 3.05) is 18.2 Å². The van der Waals surface area contributed by atoms with Crippen molar-refractivity contribution >= 4 is 17.3 Å². The summed E-state index contributed by atoms with van der Waals surface area (Å²) in [5.41, 5.74) is 6.64. The van der Waals surface area contributed by atoms with Crippen molar-refractivity contribution in [3.63, 3.8) is 0 Å². The summed E-state index contributed by atoms with van der Waals surface area (Å²) in [5, 5.41) is 21.3. The highest BCUT2D eigenvalue weighted by Gasteiger charge is 2.11. The van der Waals surface area contributed by atoms with Crippen LogP contribution in [0.15, 0.2) is 36.4 Å². The summed E-state index contributed by atoms with van der Waals surface area (Å²) >= 11 is 0. The standard InChI is InChI=1S/C14H14N2O4/c1-20-11-2-3-12(15)13(7-11)16-14(19)8-4-9(17)6-10(18)5-8/h2-7,17-18H,15H2,1H3,(H,16,19). The van der Waals surface area contributed by atoms with E-state index in [4.69, 9.17) is 10.5 Å². The lowest BCUT2D eigenvalue weighted by molar-refractivity contribution is 0.102. The summed E-state index contributed by atoms with van der Waals surface area (Å²) in [6.45, 7) is 0. The van der Waals surface area contributed by atoms with E-state index in [1.807, 2.05) is 0 Å². The van der Waals surface area contributed by atoms with Gasteiger partial charge in [0.05, 0.1) is 18.5 Å². The van der Waals surface area contributed by atoms with Crippen LogP contribution in [0.4, 0.5) is 11.4 Å². The molecule has 0 spiro atoms. The molecule has 5 N–H and O–H groups in total. The third-order valence-corrected chi connectivity index (χ3v) is 2.67. The molecule has 0 fully saturated rings. The Bertz CT molecular complexity index is 635. The van der Waals surface area contributed by atoms with Gasteiger partial charge in [-0.3, -0.25) is 4.79 Å². The minimum atomic E-state index is -0.504. The summed E-state index contributed by atoms with van der Waals surface area (Å²) in [6.07, 6.45) is 0. The van der Waals surface area contributed by atoms with Crippen LogP contribution in [-0.2, 0) is 0 Å². The molecule has 0 unspecified atom stereocenters. The van der Waals surface area contributed by atoms with E-state index in [2.05, 4.69) is 5.32 Å². The van der Waals surface area contributed by atoms with Crippen LogP contribution in [-0.4, -0.2) is 23.2 Å². The summed E-state index contributed by atoms with van der Waals surface area (Å²) in [4.78, 5) is 12.0. The number of phenols is 2. The van der Waals surface area contributed by atoms with Crippen LogP contribution >= 0.6 is 0 Å². The number of ether oxygens (including phenoxy) is 1. The average Bonchev–Trinajstić information content (AvgIpc) is 2.40. The third kappa shape index (κ3) is 2.92. The van der Waals surface area contributed by atoms with E-state index in [9.17, 15) is 15.0 Å². The number of carbonyl (C=O) groups excluding carboxylic acids is 1. The molecule has 20 heavy (non-hydrogen) atoms. The maximum absolute atomic E-state index is 12.0. The molecule has 2 aromatic carbocycles. The van der Waals surface area contributed by atoms with Gasteiger partial charge in [-0.25, -0.2) is 0 Å². The number of carbonyl (C=O) groups is 1. The van der Waals surface area contributed by atoms with Gasteiger partial charge in [0.1, 0.15) is 17.2 Å². The zero-order valence-electron chi connectivity index (χ0n) is 10.8. The minimum absolute atomic E-state index is 0.115. The topological polar surface area (TPSA) is 105 Å². The van der Waals surface area contributed by atoms with Crippen molar-refractivity contribution in [2.24, 2.45) is 0 Å². The maximum Gasteiger partial charge on any atom is 0.255 e. The largest absolute Gasteiger partial charge is 0.508 e. The highest BCUT2D eigenvalue weighted by Crippen LogP contribution is 2.26. The summed E-state index contributed by atoms with van der Waals surface area (Å²) in [6, 6.07) is 8.48. The minimum Gasteiger partial charge on any atom is -0.508 e. The average molecular weight is 274 g/mol. The fraction of sp³-hybridized carbons (Fsp3) is 0.0714. The van der Waals surface area contributed by atoms with Gasteiger partial charge < -0.3 is 26.0 Å². The van der Waals surface area contributed by atoms with E-state index in [-0.39, 0.29) is 17.1 Å². The molecule has 6 heteroatoms. The monoisotopic (exact) mass is 274 g/mol. The van der Waals surface area contributed by atoms with Crippen molar-refractivity contribution in [1.82, 2.24) is 0 Å². The van der Waals surface area contributed by atoms with E-state index in [0.717, 1.165) is 6.07 Å². The highest BCUT2D eigenvalue weighted by molar-refractivity contribution is 6.06. The lowest BCUT2D eigenvalue weighted by atomic mass is 10.1. The predicted molar refractivity (Wildman–Crippen MR) is 75.1 cm³/mol. The first-order valence-electron chi connectivity index (χ1n) is 5.77. The van der Waals surface area contributed by atoms with Crippen molar-refractivity contribution in [3.8, 4) is 17.2 Å². The molecule has 0 aliphatic rings. The normalized spacial score (nSPS) is 10.1.